The molecule has 3 heterocycles. The molecule has 3 saturated heterocycles. The zero-order valence-electron chi connectivity index (χ0n) is 53.7. The molecule has 88 heavy (non-hydrogen) atoms. The summed E-state index contributed by atoms with van der Waals surface area (Å²) in [5.41, 5.74) is 0. The number of nitrogens with one attached hydrogen (secondary N) is 1. The van der Waals surface area contributed by atoms with Crippen LogP contribution < -0.4 is 5.32 Å². The van der Waals surface area contributed by atoms with E-state index in [9.17, 15) is 61.0 Å². The highest BCUT2D eigenvalue weighted by molar-refractivity contribution is 5.76. The first kappa shape index (κ1) is 79.5. The quantitative estimate of drug-likeness (QED) is 0.0200. The number of allylic oxidation sites excluding steroid dienone is 12. The minimum absolute atomic E-state index is 0.208. The van der Waals surface area contributed by atoms with E-state index in [4.69, 9.17) is 28.4 Å². The van der Waals surface area contributed by atoms with Gasteiger partial charge in [0.2, 0.25) is 5.91 Å². The molecule has 3 aliphatic heterocycles. The largest absolute Gasteiger partial charge is 0.394 e. The second-order valence-corrected chi connectivity index (χ2v) is 24.3. The predicted molar refractivity (Wildman–Crippen MR) is 341 cm³/mol. The Morgan fingerprint density at radius 3 is 1.20 bits per heavy atom. The number of rotatable bonds is 51. The molecule has 0 aromatic rings. The van der Waals surface area contributed by atoms with Crippen molar-refractivity contribution >= 4 is 5.91 Å². The first-order chi connectivity index (χ1) is 42.8. The third-order valence-corrected chi connectivity index (χ3v) is 16.8. The molecule has 17 unspecified atom stereocenters. The fourth-order valence-corrected chi connectivity index (χ4v) is 11.3. The van der Waals surface area contributed by atoms with Crippen LogP contribution in [0.2, 0.25) is 0 Å². The van der Waals surface area contributed by atoms with Gasteiger partial charge in [-0.25, -0.2) is 0 Å². The lowest BCUT2D eigenvalue weighted by atomic mass is 9.96. The van der Waals surface area contributed by atoms with Crippen molar-refractivity contribution in [1.82, 2.24) is 5.32 Å². The Morgan fingerprint density at radius 2 is 0.784 bits per heavy atom. The van der Waals surface area contributed by atoms with Gasteiger partial charge in [-0.1, -0.05) is 228 Å². The van der Waals surface area contributed by atoms with E-state index in [0.717, 1.165) is 70.6 Å². The number of hydrogen-bond acceptors (Lipinski definition) is 18. The molecule has 0 aromatic carbocycles. The van der Waals surface area contributed by atoms with Gasteiger partial charge in [0.1, 0.15) is 73.2 Å². The van der Waals surface area contributed by atoms with Gasteiger partial charge >= 0.3 is 0 Å². The molecule has 0 spiro atoms. The van der Waals surface area contributed by atoms with E-state index in [1.165, 1.54) is 116 Å². The molecule has 17 atom stereocenters. The number of aliphatic hydroxyl groups excluding tert-OH is 11. The first-order valence-corrected chi connectivity index (χ1v) is 34.2. The number of unbranched alkanes of at least 4 members (excludes halogenated alkanes) is 23. The SMILES string of the molecule is CC/C=C\C/C=C\C/C=C\C/C=C\C/C=C\C/C=C\CCCCC(=O)NC(COC1OC(CO)C(OC2OC(CO)C(OC3OC(CO)C(O)C(O)C3O)C(O)C2O)C(O)C1O)C(O)CCCCCCCCCCCCCCCCCCCCCCCC. The summed E-state index contributed by atoms with van der Waals surface area (Å²) in [6.45, 7) is 1.66. The maximum absolute atomic E-state index is 13.4. The zero-order chi connectivity index (χ0) is 64.0. The Hall–Kier alpha value is -2.77. The van der Waals surface area contributed by atoms with Crippen LogP contribution in [0.1, 0.15) is 226 Å². The van der Waals surface area contributed by atoms with Gasteiger partial charge < -0.3 is 89.9 Å². The van der Waals surface area contributed by atoms with Crippen molar-refractivity contribution in [2.24, 2.45) is 0 Å². The van der Waals surface area contributed by atoms with Gasteiger partial charge in [0, 0.05) is 6.42 Å². The first-order valence-electron chi connectivity index (χ1n) is 34.2. The van der Waals surface area contributed by atoms with Crippen LogP contribution in [0.4, 0.5) is 0 Å². The molecule has 510 valence electrons. The maximum Gasteiger partial charge on any atom is 0.220 e. The molecule has 0 saturated carbocycles. The van der Waals surface area contributed by atoms with Crippen LogP contribution in [0, 0.1) is 0 Å². The summed E-state index contributed by atoms with van der Waals surface area (Å²) in [4.78, 5) is 13.4. The van der Waals surface area contributed by atoms with Gasteiger partial charge in [-0.05, 0) is 64.2 Å². The van der Waals surface area contributed by atoms with E-state index >= 15 is 0 Å². The molecule has 0 radical (unpaired) electrons. The molecule has 19 heteroatoms. The Bertz CT molecular complexity index is 1880. The highest BCUT2D eigenvalue weighted by Gasteiger charge is 2.53. The summed E-state index contributed by atoms with van der Waals surface area (Å²) in [5, 5.41) is 121. The van der Waals surface area contributed by atoms with Crippen LogP contribution in [-0.4, -0.2) is 193 Å². The van der Waals surface area contributed by atoms with Gasteiger partial charge in [0.25, 0.3) is 0 Å². The lowest BCUT2D eigenvalue weighted by Crippen LogP contribution is -2.66. The number of ether oxygens (including phenoxy) is 6. The summed E-state index contributed by atoms with van der Waals surface area (Å²) >= 11 is 0. The minimum Gasteiger partial charge on any atom is -0.394 e. The van der Waals surface area contributed by atoms with E-state index in [1.54, 1.807) is 0 Å². The fourth-order valence-electron chi connectivity index (χ4n) is 11.3. The molecule has 0 aromatic heterocycles. The van der Waals surface area contributed by atoms with Gasteiger partial charge in [0.15, 0.2) is 18.9 Å². The number of hydrogen-bond donors (Lipinski definition) is 12. The average molecular weight is 1250 g/mol. The molecule has 1 amide bonds. The fraction of sp³-hybridized carbons (Fsp3) is 0.812. The van der Waals surface area contributed by atoms with Crippen molar-refractivity contribution in [3.8, 4) is 0 Å². The summed E-state index contributed by atoms with van der Waals surface area (Å²) in [7, 11) is 0. The van der Waals surface area contributed by atoms with E-state index in [1.807, 2.05) is 0 Å². The average Bonchev–Trinajstić information content (AvgIpc) is 3.72. The summed E-state index contributed by atoms with van der Waals surface area (Å²) < 4.78 is 34.4. The zero-order valence-corrected chi connectivity index (χ0v) is 53.7. The van der Waals surface area contributed by atoms with Crippen LogP contribution >= 0.6 is 0 Å². The smallest absolute Gasteiger partial charge is 0.220 e. The second kappa shape index (κ2) is 50.7. The molecule has 3 fully saturated rings. The second-order valence-electron chi connectivity index (χ2n) is 24.3. The number of aliphatic hydroxyl groups is 11. The molecule has 19 nitrogen and oxygen atoms in total. The molecular weight excluding hydrogens is 1130 g/mol. The van der Waals surface area contributed by atoms with Gasteiger partial charge in [-0.15, -0.1) is 0 Å². The number of carbonyl (C=O) groups is 1. The molecular formula is C69H121NO18. The number of carbonyl (C=O) groups excluding carboxylic acids is 1. The predicted octanol–water partition coefficient (Wildman–Crippen LogP) is 8.55. The van der Waals surface area contributed by atoms with E-state index < -0.39 is 124 Å². The summed E-state index contributed by atoms with van der Waals surface area (Å²) in [6.07, 6.45) is 35.5. The van der Waals surface area contributed by atoms with Gasteiger partial charge in [-0.2, -0.15) is 0 Å². The summed E-state index contributed by atoms with van der Waals surface area (Å²) in [5.74, 6) is -0.286. The highest BCUT2D eigenvalue weighted by atomic mass is 16.8. The van der Waals surface area contributed by atoms with Gasteiger partial charge in [0.05, 0.1) is 38.6 Å². The van der Waals surface area contributed by atoms with Crippen LogP contribution in [0.25, 0.3) is 0 Å². The van der Waals surface area contributed by atoms with Crippen LogP contribution in [0.5, 0.6) is 0 Å². The standard InChI is InChI=1S/C69H121NO18/c1-3-5-7-9-11-13-15-17-19-21-23-25-27-28-30-32-34-36-38-40-42-44-46-53(74)52(70-57(75)47-45-43-41-39-37-35-33-31-29-26-24-22-20-18-16-14-12-10-8-6-4-2)51-83-67-63(81)60(78)65(55(49-72)85-67)88-69-64(82)61(79)66(56(50-73)86-69)87-68-62(80)59(77)58(76)54(48-71)84-68/h6,8,12,14,18,20,24,26,31,33,37,39,52-56,58-69,71-74,76-82H,3-5,7,9-11,13,15-17,19,21-23,25,27-30,32,34-36,38,40-51H2,1-2H3,(H,70,75)/b8-6-,14-12-,20-18-,26-24-,33-31-,39-37-. The van der Waals surface area contributed by atoms with E-state index in [-0.39, 0.29) is 18.9 Å². The minimum atomic E-state index is -1.98. The van der Waals surface area contributed by atoms with Crippen molar-refractivity contribution in [1.29, 1.82) is 0 Å². The molecule has 0 bridgehead atoms. The number of amides is 1. The van der Waals surface area contributed by atoms with Gasteiger partial charge in [-0.3, -0.25) is 4.79 Å². The maximum atomic E-state index is 13.4. The highest BCUT2D eigenvalue weighted by Crippen LogP contribution is 2.33. The molecule has 12 N–H and O–H groups in total. The molecule has 3 aliphatic rings. The van der Waals surface area contributed by atoms with Crippen molar-refractivity contribution in [2.45, 2.75) is 330 Å². The van der Waals surface area contributed by atoms with E-state index in [0.29, 0.717) is 19.3 Å². The van der Waals surface area contributed by atoms with Crippen LogP contribution in [0.15, 0.2) is 72.9 Å². The van der Waals surface area contributed by atoms with Crippen molar-refractivity contribution in [2.75, 3.05) is 26.4 Å². The Morgan fingerprint density at radius 1 is 0.420 bits per heavy atom. The van der Waals surface area contributed by atoms with E-state index in [2.05, 4.69) is 92.1 Å². The lowest BCUT2D eigenvalue weighted by molar-refractivity contribution is -0.379. The topological polar surface area (TPSA) is 307 Å². The normalized spacial score (nSPS) is 28.9. The Labute approximate surface area is 528 Å². The Kier molecular flexibility index (Phi) is 45.8. The Balaban J connectivity index is 1.46. The molecule has 3 rings (SSSR count). The third-order valence-electron chi connectivity index (χ3n) is 16.8. The third kappa shape index (κ3) is 32.7. The van der Waals surface area contributed by atoms with Crippen LogP contribution in [0.3, 0.4) is 0 Å². The van der Waals surface area contributed by atoms with Crippen molar-refractivity contribution < 1.29 is 89.4 Å². The van der Waals surface area contributed by atoms with Crippen molar-refractivity contribution in [3.63, 3.8) is 0 Å². The summed E-state index contributed by atoms with van der Waals surface area (Å²) in [6, 6.07) is -0.916. The lowest BCUT2D eigenvalue weighted by Gasteiger charge is -2.48. The van der Waals surface area contributed by atoms with Crippen molar-refractivity contribution in [3.05, 3.63) is 72.9 Å². The molecule has 0 aliphatic carbocycles. The monoisotopic (exact) mass is 1250 g/mol. The van der Waals surface area contributed by atoms with Crippen LogP contribution in [-0.2, 0) is 33.2 Å².